The number of aryl methyl sites for hydroxylation is 1. The van der Waals surface area contributed by atoms with Crippen LogP contribution >= 0.6 is 0 Å². The van der Waals surface area contributed by atoms with Crippen LogP contribution in [0.5, 0.6) is 5.75 Å². The van der Waals surface area contributed by atoms with E-state index in [1.807, 2.05) is 24.3 Å². The summed E-state index contributed by atoms with van der Waals surface area (Å²) in [5.74, 6) is 2.82. The first-order valence-corrected chi connectivity index (χ1v) is 5.64. The molecule has 0 heterocycles. The normalized spacial score (nSPS) is 11.4. The third-order valence-corrected chi connectivity index (χ3v) is 2.38. The Morgan fingerprint density at radius 1 is 1.47 bits per heavy atom. The third-order valence-electron chi connectivity index (χ3n) is 2.38. The predicted octanol–water partition coefficient (Wildman–Crippen LogP) is 1.77. The molecule has 0 aromatic heterocycles. The van der Waals surface area contributed by atoms with Crippen molar-refractivity contribution in [3.05, 3.63) is 29.8 Å². The summed E-state index contributed by atoms with van der Waals surface area (Å²) in [6, 6.07) is 7.70. The van der Waals surface area contributed by atoms with E-state index in [9.17, 15) is 4.79 Å². The fourth-order valence-corrected chi connectivity index (χ4v) is 1.34. The van der Waals surface area contributed by atoms with Crippen LogP contribution in [-0.4, -0.2) is 18.6 Å². The van der Waals surface area contributed by atoms with Crippen molar-refractivity contribution in [2.24, 2.45) is 0 Å². The Hall–Kier alpha value is -1.95. The maximum Gasteiger partial charge on any atom is 0.261 e. The van der Waals surface area contributed by atoms with Crippen LogP contribution in [-0.2, 0) is 11.2 Å². The molecule has 1 aromatic rings. The van der Waals surface area contributed by atoms with E-state index in [1.54, 1.807) is 6.92 Å². The van der Waals surface area contributed by atoms with Crippen molar-refractivity contribution in [2.75, 3.05) is 6.54 Å². The summed E-state index contributed by atoms with van der Waals surface area (Å²) < 4.78 is 5.49. The van der Waals surface area contributed by atoms with Gasteiger partial charge in [-0.05, 0) is 31.0 Å². The number of terminal acetylenes is 1. The van der Waals surface area contributed by atoms with E-state index in [2.05, 4.69) is 18.2 Å². The van der Waals surface area contributed by atoms with Gasteiger partial charge in [-0.25, -0.2) is 0 Å². The highest BCUT2D eigenvalue weighted by atomic mass is 16.5. The topological polar surface area (TPSA) is 38.3 Å². The van der Waals surface area contributed by atoms with Gasteiger partial charge in [-0.3, -0.25) is 4.79 Å². The highest BCUT2D eigenvalue weighted by molar-refractivity contribution is 5.80. The van der Waals surface area contributed by atoms with Crippen molar-refractivity contribution in [2.45, 2.75) is 26.4 Å². The number of hydrogen-bond donors (Lipinski definition) is 1. The highest BCUT2D eigenvalue weighted by Crippen LogP contribution is 2.14. The summed E-state index contributed by atoms with van der Waals surface area (Å²) in [6.45, 7) is 4.01. The van der Waals surface area contributed by atoms with E-state index in [1.165, 1.54) is 5.56 Å². The van der Waals surface area contributed by atoms with Crippen molar-refractivity contribution in [1.82, 2.24) is 5.32 Å². The SMILES string of the molecule is C#CCNC(=O)C(C)Oc1ccc(CC)cc1. The summed E-state index contributed by atoms with van der Waals surface area (Å²) in [4.78, 5) is 11.5. The van der Waals surface area contributed by atoms with Crippen molar-refractivity contribution in [3.8, 4) is 18.1 Å². The van der Waals surface area contributed by atoms with E-state index < -0.39 is 6.10 Å². The molecule has 0 aliphatic rings. The maximum absolute atomic E-state index is 11.5. The number of nitrogens with one attached hydrogen (secondary N) is 1. The van der Waals surface area contributed by atoms with Crippen molar-refractivity contribution >= 4 is 5.91 Å². The lowest BCUT2D eigenvalue weighted by Crippen LogP contribution is -2.36. The van der Waals surface area contributed by atoms with E-state index in [4.69, 9.17) is 11.2 Å². The minimum absolute atomic E-state index is 0.206. The zero-order valence-electron chi connectivity index (χ0n) is 10.2. The molecule has 0 aliphatic heterocycles. The van der Waals surface area contributed by atoms with Crippen molar-refractivity contribution in [1.29, 1.82) is 0 Å². The van der Waals surface area contributed by atoms with Gasteiger partial charge in [0.1, 0.15) is 5.75 Å². The number of rotatable bonds is 5. The molecule has 0 spiro atoms. The molecule has 0 fully saturated rings. The Bertz CT molecular complexity index is 403. The average molecular weight is 231 g/mol. The van der Waals surface area contributed by atoms with E-state index in [0.29, 0.717) is 5.75 Å². The van der Waals surface area contributed by atoms with E-state index >= 15 is 0 Å². The first-order valence-electron chi connectivity index (χ1n) is 5.64. The number of hydrogen-bond acceptors (Lipinski definition) is 2. The van der Waals surface area contributed by atoms with E-state index in [-0.39, 0.29) is 12.5 Å². The molecule has 0 saturated heterocycles. The number of benzene rings is 1. The molecule has 1 rings (SSSR count). The molecule has 3 nitrogen and oxygen atoms in total. The third kappa shape index (κ3) is 4.20. The number of carbonyl (C=O) groups is 1. The van der Waals surface area contributed by atoms with Crippen LogP contribution in [0.3, 0.4) is 0 Å². The largest absolute Gasteiger partial charge is 0.481 e. The molecule has 90 valence electrons. The number of carbonyl (C=O) groups excluding carboxylic acids is 1. The standard InChI is InChI=1S/C14H17NO2/c1-4-10-15-14(16)11(3)17-13-8-6-12(5-2)7-9-13/h1,6-9,11H,5,10H2,2-3H3,(H,15,16). The van der Waals surface area contributed by atoms with Gasteiger partial charge >= 0.3 is 0 Å². The van der Waals surface area contributed by atoms with Crippen LogP contribution in [0, 0.1) is 12.3 Å². The summed E-state index contributed by atoms with van der Waals surface area (Å²) >= 11 is 0. The highest BCUT2D eigenvalue weighted by Gasteiger charge is 2.13. The molecule has 0 bridgehead atoms. The smallest absolute Gasteiger partial charge is 0.261 e. The molecular formula is C14H17NO2. The lowest BCUT2D eigenvalue weighted by molar-refractivity contribution is -0.126. The van der Waals surface area contributed by atoms with Crippen LogP contribution in [0.15, 0.2) is 24.3 Å². The second-order valence-corrected chi connectivity index (χ2v) is 3.68. The van der Waals surface area contributed by atoms with Crippen LogP contribution in [0.4, 0.5) is 0 Å². The van der Waals surface area contributed by atoms with Crippen LogP contribution in [0.1, 0.15) is 19.4 Å². The Kier molecular flexibility index (Phi) is 5.09. The first kappa shape index (κ1) is 13.1. The lowest BCUT2D eigenvalue weighted by Gasteiger charge is -2.13. The van der Waals surface area contributed by atoms with Crippen LogP contribution in [0.25, 0.3) is 0 Å². The van der Waals surface area contributed by atoms with Crippen molar-refractivity contribution in [3.63, 3.8) is 0 Å². The summed E-state index contributed by atoms with van der Waals surface area (Å²) in [7, 11) is 0. The molecule has 17 heavy (non-hydrogen) atoms. The molecule has 0 saturated carbocycles. The van der Waals surface area contributed by atoms with Gasteiger partial charge in [0.25, 0.3) is 5.91 Å². The molecule has 1 aromatic carbocycles. The monoisotopic (exact) mass is 231 g/mol. The van der Waals surface area contributed by atoms with Gasteiger partial charge in [-0.15, -0.1) is 6.42 Å². The Morgan fingerprint density at radius 2 is 2.12 bits per heavy atom. The molecule has 3 heteroatoms. The fraction of sp³-hybridized carbons (Fsp3) is 0.357. The Balaban J connectivity index is 2.52. The second-order valence-electron chi connectivity index (χ2n) is 3.68. The molecule has 0 radical (unpaired) electrons. The van der Waals surface area contributed by atoms with Gasteiger partial charge in [-0.1, -0.05) is 25.0 Å². The van der Waals surface area contributed by atoms with Crippen LogP contribution < -0.4 is 10.1 Å². The molecule has 1 atom stereocenters. The predicted molar refractivity (Wildman–Crippen MR) is 67.8 cm³/mol. The van der Waals surface area contributed by atoms with Gasteiger partial charge in [-0.2, -0.15) is 0 Å². The van der Waals surface area contributed by atoms with Gasteiger partial charge in [0.15, 0.2) is 6.10 Å². The summed E-state index contributed by atoms with van der Waals surface area (Å²) in [5.41, 5.74) is 1.24. The first-order chi connectivity index (χ1) is 8.17. The fourth-order valence-electron chi connectivity index (χ4n) is 1.34. The molecule has 1 amide bonds. The molecular weight excluding hydrogens is 214 g/mol. The van der Waals surface area contributed by atoms with Gasteiger partial charge in [0.2, 0.25) is 0 Å². The van der Waals surface area contributed by atoms with Gasteiger partial charge in [0, 0.05) is 0 Å². The zero-order chi connectivity index (χ0) is 12.7. The van der Waals surface area contributed by atoms with Crippen molar-refractivity contribution < 1.29 is 9.53 Å². The van der Waals surface area contributed by atoms with Gasteiger partial charge in [0.05, 0.1) is 6.54 Å². The van der Waals surface area contributed by atoms with E-state index in [0.717, 1.165) is 6.42 Å². The maximum atomic E-state index is 11.5. The Morgan fingerprint density at radius 3 is 2.65 bits per heavy atom. The minimum atomic E-state index is -0.546. The number of amides is 1. The van der Waals surface area contributed by atoms with Gasteiger partial charge < -0.3 is 10.1 Å². The average Bonchev–Trinajstić information content (AvgIpc) is 2.36. The summed E-state index contributed by atoms with van der Waals surface area (Å²) in [6.07, 6.45) is 5.50. The molecule has 0 aliphatic carbocycles. The summed E-state index contributed by atoms with van der Waals surface area (Å²) in [5, 5.41) is 2.57. The quantitative estimate of drug-likeness (QED) is 0.784. The number of ether oxygens (including phenoxy) is 1. The second kappa shape index (κ2) is 6.59. The van der Waals surface area contributed by atoms with Crippen LogP contribution in [0.2, 0.25) is 0 Å². The molecule has 1 unspecified atom stereocenters. The zero-order valence-corrected chi connectivity index (χ0v) is 10.2. The minimum Gasteiger partial charge on any atom is -0.481 e. The molecule has 1 N–H and O–H groups in total. The Labute approximate surface area is 102 Å². The lowest BCUT2D eigenvalue weighted by atomic mass is 10.2.